The molecule has 0 saturated heterocycles. The molecule has 196 valence electrons. The van der Waals surface area contributed by atoms with Gasteiger partial charge in [0.2, 0.25) is 0 Å². The third-order valence-corrected chi connectivity index (χ3v) is 5.88. The molecular weight excluding hydrogens is 525 g/mol. The summed E-state index contributed by atoms with van der Waals surface area (Å²) in [5.74, 6) is -0.517. The van der Waals surface area contributed by atoms with E-state index in [-0.39, 0.29) is 18.6 Å². The molecule has 36 heavy (non-hydrogen) atoms. The van der Waals surface area contributed by atoms with Gasteiger partial charge in [0.05, 0.1) is 30.5 Å². The Morgan fingerprint density at radius 3 is 2.36 bits per heavy atom. The molecule has 0 aliphatic rings. The van der Waals surface area contributed by atoms with Crippen molar-refractivity contribution >= 4 is 20.2 Å². The van der Waals surface area contributed by atoms with E-state index in [1.54, 1.807) is 30.5 Å². The fourth-order valence-electron chi connectivity index (χ4n) is 3.29. The predicted molar refractivity (Wildman–Crippen MR) is 123 cm³/mol. The van der Waals surface area contributed by atoms with Crippen LogP contribution in [0, 0.1) is 6.92 Å². The molecule has 0 bridgehead atoms. The van der Waals surface area contributed by atoms with Crippen LogP contribution in [0.25, 0.3) is 5.69 Å². The highest BCUT2D eigenvalue weighted by Gasteiger charge is 2.31. The fourth-order valence-corrected chi connectivity index (χ4v) is 4.24. The van der Waals surface area contributed by atoms with Gasteiger partial charge in [0, 0.05) is 12.6 Å². The minimum absolute atomic E-state index is 0.0779. The summed E-state index contributed by atoms with van der Waals surface area (Å²) in [5, 5.41) is 4.44. The highest BCUT2D eigenvalue weighted by Crippen LogP contribution is 2.30. The van der Waals surface area contributed by atoms with E-state index in [2.05, 4.69) is 9.84 Å². The SMILES string of the molecule is Cc1ccc(COS(C)(=O)=O)cc1-n1ccc(CC(OS(C)(=O)=O)c2cccc(OC(F)(F)F)c2)n1. The van der Waals surface area contributed by atoms with Crippen LogP contribution in [0.2, 0.25) is 0 Å². The predicted octanol–water partition coefficient (Wildman–Crippen LogP) is 3.82. The Morgan fingerprint density at radius 1 is 1.00 bits per heavy atom. The second-order valence-electron chi connectivity index (χ2n) is 7.95. The third-order valence-electron chi connectivity index (χ3n) is 4.75. The first-order chi connectivity index (χ1) is 16.6. The molecule has 0 saturated carbocycles. The Balaban J connectivity index is 1.88. The number of nitrogens with zero attached hydrogens (tertiary/aromatic N) is 2. The summed E-state index contributed by atoms with van der Waals surface area (Å²) in [7, 11) is -7.61. The third kappa shape index (κ3) is 8.62. The smallest absolute Gasteiger partial charge is 0.406 e. The van der Waals surface area contributed by atoms with Crippen LogP contribution in [0.3, 0.4) is 0 Å². The molecule has 0 fully saturated rings. The van der Waals surface area contributed by atoms with Gasteiger partial charge in [0.1, 0.15) is 11.9 Å². The molecule has 0 N–H and O–H groups in total. The van der Waals surface area contributed by atoms with Gasteiger partial charge in [-0.2, -0.15) is 21.9 Å². The number of hydrogen-bond acceptors (Lipinski definition) is 8. The maximum Gasteiger partial charge on any atom is 0.573 e. The minimum Gasteiger partial charge on any atom is -0.406 e. The number of aryl methyl sites for hydroxylation is 1. The zero-order valence-corrected chi connectivity index (χ0v) is 21.0. The molecule has 1 heterocycles. The van der Waals surface area contributed by atoms with Gasteiger partial charge in [-0.25, -0.2) is 4.68 Å². The van der Waals surface area contributed by atoms with E-state index < -0.39 is 38.5 Å². The highest BCUT2D eigenvalue weighted by molar-refractivity contribution is 7.86. The van der Waals surface area contributed by atoms with Gasteiger partial charge in [-0.1, -0.05) is 24.3 Å². The largest absolute Gasteiger partial charge is 0.573 e. The Hall–Kier alpha value is -2.94. The van der Waals surface area contributed by atoms with E-state index in [9.17, 15) is 30.0 Å². The van der Waals surface area contributed by atoms with Crippen molar-refractivity contribution in [3.8, 4) is 11.4 Å². The molecule has 0 aliphatic carbocycles. The zero-order chi connectivity index (χ0) is 26.7. The molecule has 2 aromatic carbocycles. The zero-order valence-electron chi connectivity index (χ0n) is 19.4. The Labute approximate surface area is 206 Å². The number of alkyl halides is 3. The quantitative estimate of drug-likeness (QED) is 0.352. The summed E-state index contributed by atoms with van der Waals surface area (Å²) in [6.45, 7) is 1.65. The summed E-state index contributed by atoms with van der Waals surface area (Å²) in [5.41, 5.74) is 2.55. The van der Waals surface area contributed by atoms with Crippen LogP contribution in [-0.2, 0) is 41.6 Å². The van der Waals surface area contributed by atoms with Gasteiger partial charge in [0.25, 0.3) is 20.2 Å². The number of benzene rings is 2. The van der Waals surface area contributed by atoms with E-state index in [0.29, 0.717) is 16.9 Å². The molecule has 3 aromatic rings. The van der Waals surface area contributed by atoms with Crippen LogP contribution in [-0.4, -0.2) is 45.5 Å². The molecule has 9 nitrogen and oxygen atoms in total. The Kier molecular flexibility index (Phi) is 8.13. The summed E-state index contributed by atoms with van der Waals surface area (Å²) < 4.78 is 99.5. The van der Waals surface area contributed by atoms with Crippen LogP contribution in [0.5, 0.6) is 5.75 Å². The molecule has 0 spiro atoms. The number of halogens is 3. The van der Waals surface area contributed by atoms with E-state index in [4.69, 9.17) is 8.37 Å². The van der Waals surface area contributed by atoms with Crippen molar-refractivity contribution in [2.24, 2.45) is 0 Å². The first-order valence-corrected chi connectivity index (χ1v) is 13.9. The summed E-state index contributed by atoms with van der Waals surface area (Å²) >= 11 is 0. The van der Waals surface area contributed by atoms with Crippen LogP contribution >= 0.6 is 0 Å². The molecule has 0 aliphatic heterocycles. The normalized spacial score (nSPS) is 13.5. The molecule has 1 atom stereocenters. The average Bonchev–Trinajstić information content (AvgIpc) is 3.18. The standard InChI is InChI=1S/C22H23F3N2O7S2/c1-15-7-8-16(14-32-35(2,28)29)11-20(15)27-10-9-18(26-27)13-21(34-36(3,30)31)17-5-4-6-19(12-17)33-22(23,24)25/h4-12,21H,13-14H2,1-3H3. The maximum absolute atomic E-state index is 12.6. The monoisotopic (exact) mass is 548 g/mol. The molecule has 14 heteroatoms. The van der Waals surface area contributed by atoms with Gasteiger partial charge < -0.3 is 4.74 Å². The lowest BCUT2D eigenvalue weighted by Gasteiger charge is -2.17. The van der Waals surface area contributed by atoms with E-state index in [0.717, 1.165) is 30.2 Å². The van der Waals surface area contributed by atoms with Crippen molar-refractivity contribution in [3.05, 3.63) is 77.1 Å². The second kappa shape index (κ2) is 10.6. The van der Waals surface area contributed by atoms with Crippen molar-refractivity contribution in [2.45, 2.75) is 32.4 Å². The van der Waals surface area contributed by atoms with E-state index >= 15 is 0 Å². The molecular formula is C22H23F3N2O7S2. The Morgan fingerprint density at radius 2 is 1.72 bits per heavy atom. The Bertz CT molecular complexity index is 1440. The number of aromatic nitrogens is 2. The molecule has 1 unspecified atom stereocenters. The molecule has 1 aromatic heterocycles. The second-order valence-corrected chi connectivity index (χ2v) is 11.2. The summed E-state index contributed by atoms with van der Waals surface area (Å²) in [4.78, 5) is 0. The van der Waals surface area contributed by atoms with Crippen LogP contribution < -0.4 is 4.74 Å². The average molecular weight is 549 g/mol. The summed E-state index contributed by atoms with van der Waals surface area (Å²) in [6.07, 6.45) is -2.77. The molecule has 0 radical (unpaired) electrons. The van der Waals surface area contributed by atoms with E-state index in [1.165, 1.54) is 16.8 Å². The fraction of sp³-hybridized carbons (Fsp3) is 0.318. The minimum atomic E-state index is -4.91. The lowest BCUT2D eigenvalue weighted by atomic mass is 10.0. The van der Waals surface area contributed by atoms with E-state index in [1.807, 2.05) is 6.92 Å². The van der Waals surface area contributed by atoms with Crippen LogP contribution in [0.15, 0.2) is 54.7 Å². The topological polar surface area (TPSA) is 114 Å². The first-order valence-electron chi connectivity index (χ1n) is 10.3. The molecule has 0 amide bonds. The number of hydrogen-bond donors (Lipinski definition) is 0. The van der Waals surface area contributed by atoms with Crippen LogP contribution in [0.4, 0.5) is 13.2 Å². The first kappa shape index (κ1) is 27.6. The van der Waals surface area contributed by atoms with Crippen molar-refractivity contribution in [3.63, 3.8) is 0 Å². The van der Waals surface area contributed by atoms with Gasteiger partial charge >= 0.3 is 6.36 Å². The highest BCUT2D eigenvalue weighted by atomic mass is 32.2. The van der Waals surface area contributed by atoms with Crippen molar-refractivity contribution in [1.29, 1.82) is 0 Å². The lowest BCUT2D eigenvalue weighted by molar-refractivity contribution is -0.274. The lowest BCUT2D eigenvalue weighted by Crippen LogP contribution is -2.18. The molecule has 3 rings (SSSR count). The van der Waals surface area contributed by atoms with Crippen LogP contribution in [0.1, 0.15) is 28.5 Å². The summed E-state index contributed by atoms with van der Waals surface area (Å²) in [6, 6.07) is 11.6. The van der Waals surface area contributed by atoms with Crippen molar-refractivity contribution in [1.82, 2.24) is 9.78 Å². The van der Waals surface area contributed by atoms with Crippen molar-refractivity contribution in [2.75, 3.05) is 12.5 Å². The van der Waals surface area contributed by atoms with Crippen molar-refractivity contribution < 1.29 is 43.1 Å². The van der Waals surface area contributed by atoms with Gasteiger partial charge in [-0.15, -0.1) is 13.2 Å². The van der Waals surface area contributed by atoms with Gasteiger partial charge in [-0.3, -0.25) is 8.37 Å². The number of rotatable bonds is 10. The van der Waals surface area contributed by atoms with Gasteiger partial charge in [0.15, 0.2) is 0 Å². The maximum atomic E-state index is 12.6. The van der Waals surface area contributed by atoms with Gasteiger partial charge in [-0.05, 0) is 47.9 Å². The number of ether oxygens (including phenoxy) is 1.